The summed E-state index contributed by atoms with van der Waals surface area (Å²) in [6.07, 6.45) is 8.14. The first kappa shape index (κ1) is 21.4. The standard InChI is InChI=1S/C18H32N2O3/c1-4-10-17(22)19-13-8-6-7-9-14-20-18(23)12-11-16(5-2)15(3)21/h5H,4,6-14H2,1-3H3,(H,19,22)(H,20,23)/b16-5-. The second-order valence-corrected chi connectivity index (χ2v) is 5.73. The maximum Gasteiger partial charge on any atom is 0.220 e. The molecule has 0 aromatic carbocycles. The van der Waals surface area contributed by atoms with Crippen molar-refractivity contribution in [3.05, 3.63) is 11.6 Å². The molecule has 0 spiro atoms. The zero-order valence-corrected chi connectivity index (χ0v) is 14.9. The first-order chi connectivity index (χ1) is 11.0. The summed E-state index contributed by atoms with van der Waals surface area (Å²) in [5, 5.41) is 5.77. The fourth-order valence-corrected chi connectivity index (χ4v) is 2.23. The number of unbranched alkanes of at least 4 members (excludes halogenated alkanes) is 3. The van der Waals surface area contributed by atoms with Gasteiger partial charge in [-0.2, -0.15) is 0 Å². The van der Waals surface area contributed by atoms with Gasteiger partial charge >= 0.3 is 0 Å². The average Bonchev–Trinajstić information content (AvgIpc) is 2.50. The number of carbonyl (C=O) groups is 3. The number of carbonyl (C=O) groups excluding carboxylic acids is 3. The molecule has 0 aliphatic rings. The molecule has 0 saturated heterocycles. The van der Waals surface area contributed by atoms with Gasteiger partial charge in [0.25, 0.3) is 0 Å². The van der Waals surface area contributed by atoms with E-state index in [1.165, 1.54) is 6.92 Å². The van der Waals surface area contributed by atoms with Crippen LogP contribution < -0.4 is 10.6 Å². The predicted octanol–water partition coefficient (Wildman–Crippen LogP) is 2.89. The summed E-state index contributed by atoms with van der Waals surface area (Å²) in [4.78, 5) is 34.1. The maximum atomic E-state index is 11.7. The lowest BCUT2D eigenvalue weighted by atomic mass is 10.1. The van der Waals surface area contributed by atoms with Crippen LogP contribution in [-0.4, -0.2) is 30.7 Å². The van der Waals surface area contributed by atoms with Gasteiger partial charge in [0.2, 0.25) is 11.8 Å². The highest BCUT2D eigenvalue weighted by molar-refractivity contribution is 5.93. The maximum absolute atomic E-state index is 11.7. The van der Waals surface area contributed by atoms with E-state index in [0.717, 1.165) is 38.6 Å². The van der Waals surface area contributed by atoms with Crippen molar-refractivity contribution in [1.29, 1.82) is 0 Å². The monoisotopic (exact) mass is 324 g/mol. The normalized spacial score (nSPS) is 11.2. The molecule has 132 valence electrons. The second kappa shape index (κ2) is 14.0. The molecule has 0 fully saturated rings. The number of hydrogen-bond acceptors (Lipinski definition) is 3. The molecule has 0 atom stereocenters. The van der Waals surface area contributed by atoms with Gasteiger partial charge in [0.1, 0.15) is 0 Å². The van der Waals surface area contributed by atoms with Crippen LogP contribution in [0.4, 0.5) is 0 Å². The summed E-state index contributed by atoms with van der Waals surface area (Å²) in [6, 6.07) is 0. The highest BCUT2D eigenvalue weighted by Crippen LogP contribution is 2.06. The Morgan fingerprint density at radius 2 is 1.35 bits per heavy atom. The van der Waals surface area contributed by atoms with Gasteiger partial charge < -0.3 is 10.6 Å². The first-order valence-corrected chi connectivity index (χ1v) is 8.70. The molecule has 0 aliphatic heterocycles. The Labute approximate surface area is 140 Å². The quantitative estimate of drug-likeness (QED) is 0.404. The van der Waals surface area contributed by atoms with E-state index in [1.54, 1.807) is 6.08 Å². The number of Topliss-reactive ketones (excluding diaryl/α,β-unsaturated/α-hetero) is 1. The molecule has 0 unspecified atom stereocenters. The highest BCUT2D eigenvalue weighted by atomic mass is 16.2. The Morgan fingerprint density at radius 1 is 0.826 bits per heavy atom. The van der Waals surface area contributed by atoms with Gasteiger partial charge in [0, 0.05) is 25.9 Å². The molecule has 0 rings (SSSR count). The van der Waals surface area contributed by atoms with Crippen LogP contribution in [0.15, 0.2) is 11.6 Å². The Hall–Kier alpha value is -1.65. The Kier molecular flexibility index (Phi) is 13.0. The number of amides is 2. The van der Waals surface area contributed by atoms with Crippen LogP contribution in [0.2, 0.25) is 0 Å². The van der Waals surface area contributed by atoms with Crippen LogP contribution in [0, 0.1) is 0 Å². The summed E-state index contributed by atoms with van der Waals surface area (Å²) in [5.74, 6) is 0.162. The van der Waals surface area contributed by atoms with Crippen molar-refractivity contribution in [3.63, 3.8) is 0 Å². The molecule has 5 heteroatoms. The van der Waals surface area contributed by atoms with Gasteiger partial charge in [-0.3, -0.25) is 14.4 Å². The lowest BCUT2D eigenvalue weighted by Crippen LogP contribution is -2.25. The number of allylic oxidation sites excluding steroid dienone is 2. The second-order valence-electron chi connectivity index (χ2n) is 5.73. The molecular weight excluding hydrogens is 292 g/mol. The van der Waals surface area contributed by atoms with Crippen LogP contribution in [0.3, 0.4) is 0 Å². The van der Waals surface area contributed by atoms with E-state index in [0.29, 0.717) is 31.4 Å². The summed E-state index contributed by atoms with van der Waals surface area (Å²) in [5.41, 5.74) is 0.713. The van der Waals surface area contributed by atoms with Crippen molar-refractivity contribution in [2.75, 3.05) is 13.1 Å². The zero-order valence-electron chi connectivity index (χ0n) is 14.9. The molecule has 0 aromatic rings. The van der Waals surface area contributed by atoms with Crippen molar-refractivity contribution < 1.29 is 14.4 Å². The molecule has 5 nitrogen and oxygen atoms in total. The van der Waals surface area contributed by atoms with Gasteiger partial charge in [0.15, 0.2) is 5.78 Å². The molecule has 0 aromatic heterocycles. The third kappa shape index (κ3) is 12.6. The van der Waals surface area contributed by atoms with Crippen LogP contribution in [0.5, 0.6) is 0 Å². The number of rotatable bonds is 13. The molecule has 0 bridgehead atoms. The molecular formula is C18H32N2O3. The van der Waals surface area contributed by atoms with Crippen LogP contribution in [0.25, 0.3) is 0 Å². The summed E-state index contributed by atoms with van der Waals surface area (Å²) < 4.78 is 0. The summed E-state index contributed by atoms with van der Waals surface area (Å²) >= 11 is 0. The fraction of sp³-hybridized carbons (Fsp3) is 0.722. The largest absolute Gasteiger partial charge is 0.356 e. The van der Waals surface area contributed by atoms with E-state index in [2.05, 4.69) is 10.6 Å². The lowest BCUT2D eigenvalue weighted by molar-refractivity contribution is -0.122. The number of nitrogens with one attached hydrogen (secondary N) is 2. The highest BCUT2D eigenvalue weighted by Gasteiger charge is 2.06. The van der Waals surface area contributed by atoms with Gasteiger partial charge in [-0.05, 0) is 45.1 Å². The predicted molar refractivity (Wildman–Crippen MR) is 93.1 cm³/mol. The van der Waals surface area contributed by atoms with Gasteiger partial charge in [0.05, 0.1) is 0 Å². The van der Waals surface area contributed by atoms with E-state index >= 15 is 0 Å². The first-order valence-electron chi connectivity index (χ1n) is 8.70. The number of ketones is 1. The minimum atomic E-state index is -0.00238. The minimum Gasteiger partial charge on any atom is -0.356 e. The number of hydrogen-bond donors (Lipinski definition) is 2. The van der Waals surface area contributed by atoms with E-state index in [9.17, 15) is 14.4 Å². The topological polar surface area (TPSA) is 75.3 Å². The van der Waals surface area contributed by atoms with Crippen LogP contribution in [-0.2, 0) is 14.4 Å². The van der Waals surface area contributed by atoms with Crippen molar-refractivity contribution in [2.24, 2.45) is 0 Å². The van der Waals surface area contributed by atoms with Crippen molar-refractivity contribution in [3.8, 4) is 0 Å². The molecule has 0 radical (unpaired) electrons. The minimum absolute atomic E-state index is 0.00238. The Balaban J connectivity index is 3.49. The molecule has 2 N–H and O–H groups in total. The smallest absolute Gasteiger partial charge is 0.220 e. The Bertz CT molecular complexity index is 403. The third-order valence-corrected chi connectivity index (χ3v) is 3.65. The Morgan fingerprint density at radius 3 is 1.78 bits per heavy atom. The summed E-state index contributed by atoms with van der Waals surface area (Å²) in [7, 11) is 0. The molecule has 0 heterocycles. The SMILES string of the molecule is C/C=C(/CCC(=O)NCCCCCCNC(=O)CCC)C(C)=O. The lowest BCUT2D eigenvalue weighted by Gasteiger charge is -2.07. The zero-order chi connectivity index (χ0) is 17.5. The van der Waals surface area contributed by atoms with Crippen molar-refractivity contribution in [1.82, 2.24) is 10.6 Å². The van der Waals surface area contributed by atoms with Gasteiger partial charge in [-0.1, -0.05) is 25.8 Å². The molecule has 2 amide bonds. The summed E-state index contributed by atoms with van der Waals surface area (Å²) in [6.45, 7) is 6.75. The average molecular weight is 324 g/mol. The van der Waals surface area contributed by atoms with Crippen molar-refractivity contribution >= 4 is 17.6 Å². The van der Waals surface area contributed by atoms with E-state index < -0.39 is 0 Å². The fourth-order valence-electron chi connectivity index (χ4n) is 2.23. The van der Waals surface area contributed by atoms with Crippen LogP contribution in [0.1, 0.15) is 72.1 Å². The molecule has 23 heavy (non-hydrogen) atoms. The van der Waals surface area contributed by atoms with Crippen LogP contribution >= 0.6 is 0 Å². The third-order valence-electron chi connectivity index (χ3n) is 3.65. The molecule has 0 saturated carbocycles. The van der Waals surface area contributed by atoms with E-state index in [-0.39, 0.29) is 17.6 Å². The van der Waals surface area contributed by atoms with Gasteiger partial charge in [-0.25, -0.2) is 0 Å². The molecule has 0 aliphatic carbocycles. The van der Waals surface area contributed by atoms with E-state index in [4.69, 9.17) is 0 Å². The van der Waals surface area contributed by atoms with Crippen molar-refractivity contribution in [2.45, 2.75) is 72.1 Å². The van der Waals surface area contributed by atoms with Gasteiger partial charge in [-0.15, -0.1) is 0 Å². The van der Waals surface area contributed by atoms with E-state index in [1.807, 2.05) is 13.8 Å².